The molecular weight excluding hydrogens is 458 g/mol. The monoisotopic (exact) mass is 491 g/mol. The van der Waals surface area contributed by atoms with Crippen molar-refractivity contribution in [3.63, 3.8) is 0 Å². The Labute approximate surface area is 195 Å². The van der Waals surface area contributed by atoms with Crippen LogP contribution in [-0.2, 0) is 28.8 Å². The number of carboxylic acid groups (broad SMARTS) is 2. The fourth-order valence-corrected chi connectivity index (χ4v) is 3.13. The molecule has 0 saturated carbocycles. The van der Waals surface area contributed by atoms with Gasteiger partial charge in [0.2, 0.25) is 23.6 Å². The van der Waals surface area contributed by atoms with Crippen molar-refractivity contribution < 1.29 is 39.0 Å². The predicted octanol–water partition coefficient (Wildman–Crippen LogP) is -2.00. The standard InChI is InChI=1S/C19H33N5O8S/c1-9(2)15(24-16(28)10(20)8-14(26)27)18(30)22-11(4-5-13(21)25)17(29)23-12(19(31)32)6-7-33-3/h9-12,15H,4-8,20H2,1-3H3,(H2,21,25)(H,22,30)(H,23,29)(H,24,28)(H,26,27)(H,31,32). The van der Waals surface area contributed by atoms with Gasteiger partial charge in [0.1, 0.15) is 18.1 Å². The van der Waals surface area contributed by atoms with Gasteiger partial charge in [-0.25, -0.2) is 4.79 Å². The van der Waals surface area contributed by atoms with Crippen LogP contribution in [0.1, 0.15) is 39.5 Å². The van der Waals surface area contributed by atoms with E-state index < -0.39 is 72.1 Å². The zero-order chi connectivity index (χ0) is 25.7. The number of nitrogens with one attached hydrogen (secondary N) is 3. The van der Waals surface area contributed by atoms with Gasteiger partial charge in [0, 0.05) is 6.42 Å². The molecular formula is C19H33N5O8S. The smallest absolute Gasteiger partial charge is 0.326 e. The van der Waals surface area contributed by atoms with Crippen LogP contribution in [0.15, 0.2) is 0 Å². The number of nitrogens with two attached hydrogens (primary N) is 2. The molecule has 0 heterocycles. The first-order valence-electron chi connectivity index (χ1n) is 10.2. The number of hydrogen-bond donors (Lipinski definition) is 7. The molecule has 0 fully saturated rings. The number of carbonyl (C=O) groups excluding carboxylic acids is 4. The van der Waals surface area contributed by atoms with E-state index in [1.165, 1.54) is 11.8 Å². The topological polar surface area (TPSA) is 231 Å². The van der Waals surface area contributed by atoms with Gasteiger partial charge in [-0.05, 0) is 30.8 Å². The molecule has 0 radical (unpaired) electrons. The molecule has 0 bridgehead atoms. The summed E-state index contributed by atoms with van der Waals surface area (Å²) in [7, 11) is 0. The summed E-state index contributed by atoms with van der Waals surface area (Å²) in [6.45, 7) is 3.21. The first-order valence-corrected chi connectivity index (χ1v) is 11.6. The summed E-state index contributed by atoms with van der Waals surface area (Å²) in [5, 5.41) is 25.2. The minimum Gasteiger partial charge on any atom is -0.481 e. The summed E-state index contributed by atoms with van der Waals surface area (Å²) in [6, 6.07) is -5.06. The summed E-state index contributed by atoms with van der Waals surface area (Å²) < 4.78 is 0. The van der Waals surface area contributed by atoms with Crippen molar-refractivity contribution in [1.29, 1.82) is 0 Å². The molecule has 4 atom stereocenters. The van der Waals surface area contributed by atoms with E-state index in [9.17, 15) is 33.9 Å². The highest BCUT2D eigenvalue weighted by Gasteiger charge is 2.32. The van der Waals surface area contributed by atoms with E-state index in [2.05, 4.69) is 16.0 Å². The summed E-state index contributed by atoms with van der Waals surface area (Å²) in [6.07, 6.45) is 0.820. The summed E-state index contributed by atoms with van der Waals surface area (Å²) >= 11 is 1.39. The van der Waals surface area contributed by atoms with Crippen molar-refractivity contribution in [3.05, 3.63) is 0 Å². The van der Waals surface area contributed by atoms with Crippen LogP contribution in [-0.4, -0.2) is 82.0 Å². The molecule has 188 valence electrons. The third-order valence-electron chi connectivity index (χ3n) is 4.52. The molecule has 0 spiro atoms. The molecule has 0 aliphatic rings. The molecule has 0 aromatic heterocycles. The predicted molar refractivity (Wildman–Crippen MR) is 120 cm³/mol. The fraction of sp³-hybridized carbons (Fsp3) is 0.684. The van der Waals surface area contributed by atoms with Crippen LogP contribution in [0.4, 0.5) is 0 Å². The third-order valence-corrected chi connectivity index (χ3v) is 5.16. The van der Waals surface area contributed by atoms with Gasteiger partial charge in [0.15, 0.2) is 0 Å². The Kier molecular flexibility index (Phi) is 13.7. The van der Waals surface area contributed by atoms with Gasteiger partial charge < -0.3 is 37.6 Å². The summed E-state index contributed by atoms with van der Waals surface area (Å²) in [4.78, 5) is 71.0. The molecule has 9 N–H and O–H groups in total. The Hall–Kier alpha value is -2.87. The van der Waals surface area contributed by atoms with Crippen LogP contribution in [0.3, 0.4) is 0 Å². The minimum absolute atomic E-state index is 0.144. The zero-order valence-corrected chi connectivity index (χ0v) is 19.6. The van der Waals surface area contributed by atoms with Gasteiger partial charge >= 0.3 is 11.9 Å². The third kappa shape index (κ3) is 12.1. The second kappa shape index (κ2) is 15.1. The SMILES string of the molecule is CSCCC(NC(=O)C(CCC(N)=O)NC(=O)C(NC(=O)C(N)CC(=O)O)C(C)C)C(=O)O. The van der Waals surface area contributed by atoms with Crippen LogP contribution < -0.4 is 27.4 Å². The highest BCUT2D eigenvalue weighted by molar-refractivity contribution is 7.98. The van der Waals surface area contributed by atoms with E-state index >= 15 is 0 Å². The van der Waals surface area contributed by atoms with Gasteiger partial charge in [-0.3, -0.25) is 24.0 Å². The Balaban J connectivity index is 5.47. The quantitative estimate of drug-likeness (QED) is 0.125. The van der Waals surface area contributed by atoms with Gasteiger partial charge in [0.05, 0.1) is 12.5 Å². The molecule has 14 heteroatoms. The molecule has 0 aliphatic carbocycles. The van der Waals surface area contributed by atoms with E-state index in [-0.39, 0.29) is 19.3 Å². The molecule has 0 saturated heterocycles. The lowest BCUT2D eigenvalue weighted by Gasteiger charge is -2.26. The number of thioether (sulfide) groups is 1. The molecule has 33 heavy (non-hydrogen) atoms. The number of rotatable bonds is 16. The first-order chi connectivity index (χ1) is 15.3. The van der Waals surface area contributed by atoms with Crippen LogP contribution in [0.2, 0.25) is 0 Å². The lowest BCUT2D eigenvalue weighted by Crippen LogP contribution is -2.58. The Bertz CT molecular complexity index is 733. The molecule has 0 aliphatic heterocycles. The van der Waals surface area contributed by atoms with E-state index in [1.54, 1.807) is 20.1 Å². The van der Waals surface area contributed by atoms with Crippen molar-refractivity contribution in [2.75, 3.05) is 12.0 Å². The van der Waals surface area contributed by atoms with Gasteiger partial charge in [-0.1, -0.05) is 13.8 Å². The maximum Gasteiger partial charge on any atom is 0.326 e. The van der Waals surface area contributed by atoms with E-state index in [0.717, 1.165) is 0 Å². The molecule has 13 nitrogen and oxygen atoms in total. The van der Waals surface area contributed by atoms with Crippen molar-refractivity contribution in [2.24, 2.45) is 17.4 Å². The lowest BCUT2D eigenvalue weighted by atomic mass is 10.0. The zero-order valence-electron chi connectivity index (χ0n) is 18.8. The highest BCUT2D eigenvalue weighted by Crippen LogP contribution is 2.07. The van der Waals surface area contributed by atoms with Crippen molar-refractivity contribution >= 4 is 47.3 Å². The lowest BCUT2D eigenvalue weighted by molar-refractivity contribution is -0.142. The number of carbonyl (C=O) groups is 6. The molecule has 0 aromatic carbocycles. The largest absolute Gasteiger partial charge is 0.481 e. The van der Waals surface area contributed by atoms with Crippen LogP contribution in [0, 0.1) is 5.92 Å². The first kappa shape index (κ1) is 30.1. The van der Waals surface area contributed by atoms with Gasteiger partial charge in [0.25, 0.3) is 0 Å². The van der Waals surface area contributed by atoms with Crippen LogP contribution >= 0.6 is 11.8 Å². The molecule has 4 amide bonds. The Morgan fingerprint density at radius 1 is 0.879 bits per heavy atom. The average molecular weight is 492 g/mol. The fourth-order valence-electron chi connectivity index (χ4n) is 2.66. The highest BCUT2D eigenvalue weighted by atomic mass is 32.2. The number of carboxylic acids is 2. The van der Waals surface area contributed by atoms with Crippen LogP contribution in [0.25, 0.3) is 0 Å². The normalized spacial score (nSPS) is 14.5. The second-order valence-electron chi connectivity index (χ2n) is 7.68. The van der Waals surface area contributed by atoms with E-state index in [0.29, 0.717) is 5.75 Å². The van der Waals surface area contributed by atoms with Crippen molar-refractivity contribution in [3.8, 4) is 0 Å². The van der Waals surface area contributed by atoms with Crippen LogP contribution in [0.5, 0.6) is 0 Å². The number of primary amides is 1. The second-order valence-corrected chi connectivity index (χ2v) is 8.67. The minimum atomic E-state index is -1.39. The van der Waals surface area contributed by atoms with Gasteiger partial charge in [-0.15, -0.1) is 0 Å². The summed E-state index contributed by atoms with van der Waals surface area (Å²) in [5.74, 6) is -5.76. The molecule has 0 aromatic rings. The average Bonchev–Trinajstić information content (AvgIpc) is 2.70. The number of amides is 4. The maximum absolute atomic E-state index is 12.8. The molecule has 4 unspecified atom stereocenters. The van der Waals surface area contributed by atoms with Crippen molar-refractivity contribution in [2.45, 2.75) is 63.7 Å². The van der Waals surface area contributed by atoms with E-state index in [4.69, 9.17) is 16.6 Å². The summed E-state index contributed by atoms with van der Waals surface area (Å²) in [5.41, 5.74) is 10.7. The van der Waals surface area contributed by atoms with E-state index in [1.807, 2.05) is 0 Å². The Morgan fingerprint density at radius 3 is 1.91 bits per heavy atom. The Morgan fingerprint density at radius 2 is 1.45 bits per heavy atom. The maximum atomic E-state index is 12.8. The van der Waals surface area contributed by atoms with Crippen molar-refractivity contribution in [1.82, 2.24) is 16.0 Å². The number of aliphatic carboxylic acids is 2. The number of hydrogen-bond acceptors (Lipinski definition) is 8. The van der Waals surface area contributed by atoms with Gasteiger partial charge in [-0.2, -0.15) is 11.8 Å². The molecule has 0 rings (SSSR count).